The second-order valence-corrected chi connectivity index (χ2v) is 9.12. The molecule has 4 rings (SSSR count). The Morgan fingerprint density at radius 3 is 2.46 bits per heavy atom. The Morgan fingerprint density at radius 2 is 1.71 bits per heavy atom. The van der Waals surface area contributed by atoms with Crippen LogP contribution in [0.4, 0.5) is 11.4 Å². The molecule has 1 aliphatic rings. The molecule has 35 heavy (non-hydrogen) atoms. The van der Waals surface area contributed by atoms with Gasteiger partial charge in [0.25, 0.3) is 5.91 Å². The second-order valence-electron chi connectivity index (χ2n) is 9.12. The first-order valence-corrected chi connectivity index (χ1v) is 12.5. The summed E-state index contributed by atoms with van der Waals surface area (Å²) in [5.74, 6) is 0.715. The molecule has 5 nitrogen and oxygen atoms in total. The van der Waals surface area contributed by atoms with Crippen LogP contribution in [-0.4, -0.2) is 25.0 Å². The predicted octanol–water partition coefficient (Wildman–Crippen LogP) is 6.79. The molecule has 5 heteroatoms. The minimum absolute atomic E-state index is 0.0668. The van der Waals surface area contributed by atoms with Crippen LogP contribution in [0.1, 0.15) is 67.9 Å². The van der Waals surface area contributed by atoms with Gasteiger partial charge >= 0.3 is 0 Å². The van der Waals surface area contributed by atoms with Crippen LogP contribution in [0.3, 0.4) is 0 Å². The smallest absolute Gasteiger partial charge is 0.258 e. The van der Waals surface area contributed by atoms with E-state index in [4.69, 9.17) is 4.74 Å². The topological polar surface area (TPSA) is 49.9 Å². The van der Waals surface area contributed by atoms with Crippen molar-refractivity contribution in [2.45, 2.75) is 58.0 Å². The molecule has 0 saturated carbocycles. The van der Waals surface area contributed by atoms with E-state index in [1.54, 1.807) is 13.2 Å². The molecular formula is C30H34N2O3. The van der Waals surface area contributed by atoms with Gasteiger partial charge in [-0.2, -0.15) is 0 Å². The number of unbranched alkanes of at least 4 members (excludes halogenated alkanes) is 2. The molecule has 2 atom stereocenters. The number of para-hydroxylation sites is 2. The predicted molar refractivity (Wildman–Crippen MR) is 141 cm³/mol. The number of hydrogen-bond donors (Lipinski definition) is 0. The lowest BCUT2D eigenvalue weighted by molar-refractivity contribution is -0.119. The summed E-state index contributed by atoms with van der Waals surface area (Å²) in [5.41, 5.74) is 3.33. The monoisotopic (exact) mass is 470 g/mol. The molecule has 1 heterocycles. The van der Waals surface area contributed by atoms with Crippen LogP contribution < -0.4 is 14.5 Å². The molecule has 0 fully saturated rings. The maximum atomic E-state index is 13.7. The first kappa shape index (κ1) is 24.5. The first-order chi connectivity index (χ1) is 17.0. The van der Waals surface area contributed by atoms with E-state index in [1.807, 2.05) is 82.6 Å². The van der Waals surface area contributed by atoms with Crippen LogP contribution in [0, 0.1) is 0 Å². The van der Waals surface area contributed by atoms with Crippen LogP contribution in [0.5, 0.6) is 5.75 Å². The van der Waals surface area contributed by atoms with E-state index in [9.17, 15) is 9.59 Å². The van der Waals surface area contributed by atoms with Crippen LogP contribution >= 0.6 is 0 Å². The molecule has 0 aliphatic carbocycles. The van der Waals surface area contributed by atoms with Crippen molar-refractivity contribution < 1.29 is 14.3 Å². The lowest BCUT2D eigenvalue weighted by Crippen LogP contribution is -2.47. The number of rotatable bonds is 8. The fourth-order valence-corrected chi connectivity index (χ4v) is 4.96. The largest absolute Gasteiger partial charge is 0.497 e. The second kappa shape index (κ2) is 11.2. The molecule has 3 aromatic rings. The fourth-order valence-electron chi connectivity index (χ4n) is 4.96. The van der Waals surface area contributed by atoms with Crippen molar-refractivity contribution >= 4 is 23.2 Å². The number of fused-ring (bicyclic) bond motifs is 1. The molecule has 0 saturated heterocycles. The molecule has 0 bridgehead atoms. The maximum absolute atomic E-state index is 13.7. The highest BCUT2D eigenvalue weighted by atomic mass is 16.5. The van der Waals surface area contributed by atoms with Gasteiger partial charge in [0.15, 0.2) is 0 Å². The Morgan fingerprint density at radius 1 is 0.971 bits per heavy atom. The van der Waals surface area contributed by atoms with E-state index in [1.165, 1.54) is 0 Å². The summed E-state index contributed by atoms with van der Waals surface area (Å²) in [5, 5.41) is 0. The Hall–Kier alpha value is -3.60. The van der Waals surface area contributed by atoms with Crippen LogP contribution in [-0.2, 0) is 4.79 Å². The minimum atomic E-state index is -0.146. The average molecular weight is 471 g/mol. The number of anilines is 2. The number of methoxy groups -OCH3 is 1. The minimum Gasteiger partial charge on any atom is -0.497 e. The van der Waals surface area contributed by atoms with Gasteiger partial charge in [0.1, 0.15) is 5.75 Å². The van der Waals surface area contributed by atoms with E-state index >= 15 is 0 Å². The third-order valence-electron chi connectivity index (χ3n) is 6.70. The van der Waals surface area contributed by atoms with Gasteiger partial charge in [-0.15, -0.1) is 0 Å². The van der Waals surface area contributed by atoms with Crippen molar-refractivity contribution in [3.05, 3.63) is 90.0 Å². The van der Waals surface area contributed by atoms with Gasteiger partial charge in [0.05, 0.1) is 13.2 Å². The number of ether oxygens (including phenoxy) is 1. The maximum Gasteiger partial charge on any atom is 0.258 e. The van der Waals surface area contributed by atoms with Gasteiger partial charge in [0, 0.05) is 29.4 Å². The van der Waals surface area contributed by atoms with Gasteiger partial charge in [-0.25, -0.2) is 0 Å². The summed E-state index contributed by atoms with van der Waals surface area (Å²) < 4.78 is 5.34. The summed E-state index contributed by atoms with van der Waals surface area (Å²) in [6.45, 7) is 4.21. The lowest BCUT2D eigenvalue weighted by Gasteiger charge is -2.43. The summed E-state index contributed by atoms with van der Waals surface area (Å²) in [6.07, 6.45) is 4.16. The highest BCUT2D eigenvalue weighted by Crippen LogP contribution is 2.43. The Bertz CT molecular complexity index is 1160. The van der Waals surface area contributed by atoms with Crippen LogP contribution in [0.25, 0.3) is 0 Å². The molecular weight excluding hydrogens is 436 g/mol. The van der Waals surface area contributed by atoms with Gasteiger partial charge in [-0.05, 0) is 61.7 Å². The third-order valence-corrected chi connectivity index (χ3v) is 6.70. The molecule has 0 radical (unpaired) electrons. The number of hydrogen-bond acceptors (Lipinski definition) is 3. The molecule has 0 spiro atoms. The summed E-state index contributed by atoms with van der Waals surface area (Å²) in [6, 6.07) is 24.9. The van der Waals surface area contributed by atoms with Crippen molar-refractivity contribution in [1.82, 2.24) is 0 Å². The van der Waals surface area contributed by atoms with E-state index < -0.39 is 0 Å². The quantitative estimate of drug-likeness (QED) is 0.341. The van der Waals surface area contributed by atoms with E-state index in [0.717, 1.165) is 36.2 Å². The number of benzene rings is 3. The Labute approximate surface area is 208 Å². The van der Waals surface area contributed by atoms with Crippen LogP contribution in [0.2, 0.25) is 0 Å². The number of carbonyl (C=O) groups is 2. The molecule has 0 aromatic heterocycles. The van der Waals surface area contributed by atoms with Gasteiger partial charge < -0.3 is 14.5 Å². The highest BCUT2D eigenvalue weighted by molar-refractivity contribution is 6.08. The zero-order chi connectivity index (χ0) is 24.8. The number of carbonyl (C=O) groups excluding carboxylic acids is 2. The van der Waals surface area contributed by atoms with Crippen molar-refractivity contribution in [3.63, 3.8) is 0 Å². The van der Waals surface area contributed by atoms with Gasteiger partial charge in [-0.3, -0.25) is 9.59 Å². The zero-order valence-electron chi connectivity index (χ0n) is 20.8. The summed E-state index contributed by atoms with van der Waals surface area (Å²) in [4.78, 5) is 31.1. The fraction of sp³-hybridized carbons (Fsp3) is 0.333. The third kappa shape index (κ3) is 5.24. The van der Waals surface area contributed by atoms with Crippen molar-refractivity contribution in [1.29, 1.82) is 0 Å². The van der Waals surface area contributed by atoms with E-state index in [0.29, 0.717) is 24.2 Å². The Balaban J connectivity index is 1.73. The van der Waals surface area contributed by atoms with Gasteiger partial charge in [-0.1, -0.05) is 62.2 Å². The SMILES string of the molecule is CCCCCC(=O)N(c1ccccc1)[C@H]1C[C@@H](C)N(C(=O)c2cccc(OC)c2)c2ccccc21. The number of nitrogens with zero attached hydrogens (tertiary/aromatic N) is 2. The molecule has 0 N–H and O–H groups in total. The zero-order valence-corrected chi connectivity index (χ0v) is 20.8. The summed E-state index contributed by atoms with van der Waals surface area (Å²) >= 11 is 0. The molecule has 0 unspecified atom stereocenters. The van der Waals surface area contributed by atoms with Crippen molar-refractivity contribution in [2.75, 3.05) is 16.9 Å². The van der Waals surface area contributed by atoms with E-state index in [-0.39, 0.29) is 23.9 Å². The highest BCUT2D eigenvalue weighted by Gasteiger charge is 2.38. The van der Waals surface area contributed by atoms with Gasteiger partial charge in [0.2, 0.25) is 5.91 Å². The molecule has 3 aromatic carbocycles. The lowest BCUT2D eigenvalue weighted by atomic mass is 9.89. The first-order valence-electron chi connectivity index (χ1n) is 12.5. The molecule has 1 aliphatic heterocycles. The van der Waals surface area contributed by atoms with Crippen molar-refractivity contribution in [3.8, 4) is 5.75 Å². The summed E-state index contributed by atoms with van der Waals surface area (Å²) in [7, 11) is 1.60. The normalized spacial score (nSPS) is 16.9. The standard InChI is InChI=1S/C30H34N2O3/c1-4-5-7-19-29(33)32(24-14-8-6-9-15-24)28-20-22(2)31(27-18-11-10-17-26(27)28)30(34)23-13-12-16-25(21-23)35-3/h6,8-18,21-22,28H,4-5,7,19-20H2,1-3H3/t22-,28+/m1/s1. The molecule has 2 amide bonds. The average Bonchev–Trinajstić information content (AvgIpc) is 2.89. The van der Waals surface area contributed by atoms with Crippen LogP contribution in [0.15, 0.2) is 78.9 Å². The number of amides is 2. The Kier molecular flexibility index (Phi) is 7.86. The van der Waals surface area contributed by atoms with Crippen molar-refractivity contribution in [2.24, 2.45) is 0 Å². The van der Waals surface area contributed by atoms with E-state index in [2.05, 4.69) is 13.8 Å². The molecule has 182 valence electrons.